The van der Waals surface area contributed by atoms with Gasteiger partial charge < -0.3 is 76.2 Å². The number of aliphatic hydroxyl groups is 1. The fourth-order valence-electron chi connectivity index (χ4n) is 7.68. The molecule has 3 fully saturated rings. The summed E-state index contributed by atoms with van der Waals surface area (Å²) in [7, 11) is 4.41. The molecular formula is C53H74BrN3O23. The van der Waals surface area contributed by atoms with Crippen LogP contribution >= 0.6 is 15.9 Å². The molecule has 3 aromatic rings. The van der Waals surface area contributed by atoms with Crippen molar-refractivity contribution in [1.82, 2.24) is 0 Å². The van der Waals surface area contributed by atoms with Crippen LogP contribution in [0.1, 0.15) is 81.4 Å². The second kappa shape index (κ2) is 37.8. The highest BCUT2D eigenvalue weighted by Gasteiger charge is 2.26. The lowest BCUT2D eigenvalue weighted by molar-refractivity contribution is -0.386. The first-order chi connectivity index (χ1) is 38.7. The SMILES string of the molecule is C=C(C)C(=O)OCCOCCOc1cc([N+](=O)[O-])c(COC2CCCCO2)cc1OC.COc1cc(COC2CCCCO2)c([N+](=O)[O-])cc1OCCBr.COc1cc(COC2CCCCO2)c([N+](=O)[O-])cc1OCCOCCO. The normalized spacial score (nSPS) is 16.8. The van der Waals surface area contributed by atoms with E-state index in [2.05, 4.69) is 22.5 Å². The van der Waals surface area contributed by atoms with Gasteiger partial charge in [-0.2, -0.15) is 0 Å². The molecule has 80 heavy (non-hydrogen) atoms. The van der Waals surface area contributed by atoms with E-state index < -0.39 is 20.7 Å². The van der Waals surface area contributed by atoms with Gasteiger partial charge in [-0.25, -0.2) is 4.79 Å². The Morgan fingerprint density at radius 3 is 1.20 bits per heavy atom. The molecule has 446 valence electrons. The molecule has 0 saturated carbocycles. The number of carbonyl (C=O) groups excluding carboxylic acids is 1. The van der Waals surface area contributed by atoms with Crippen molar-refractivity contribution in [2.45, 2.75) is 103 Å². The average Bonchev–Trinajstić information content (AvgIpc) is 3.53. The number of methoxy groups -OCH3 is 3. The molecular weight excluding hydrogens is 1130 g/mol. The summed E-state index contributed by atoms with van der Waals surface area (Å²) in [5, 5.41) is 43.5. The minimum Gasteiger partial charge on any atom is -0.493 e. The van der Waals surface area contributed by atoms with Crippen LogP contribution < -0.4 is 28.4 Å². The number of nitro groups is 3. The molecule has 3 aliphatic rings. The van der Waals surface area contributed by atoms with Gasteiger partial charge >= 0.3 is 5.97 Å². The summed E-state index contributed by atoms with van der Waals surface area (Å²) >= 11 is 3.25. The van der Waals surface area contributed by atoms with Crippen LogP contribution in [-0.4, -0.2) is 151 Å². The van der Waals surface area contributed by atoms with Gasteiger partial charge in [0.2, 0.25) is 0 Å². The van der Waals surface area contributed by atoms with Crippen LogP contribution in [0.5, 0.6) is 34.5 Å². The quantitative estimate of drug-likeness (QED) is 0.0153. The maximum Gasteiger partial charge on any atom is 0.333 e. The molecule has 0 bridgehead atoms. The second-order valence-corrected chi connectivity index (χ2v) is 18.4. The van der Waals surface area contributed by atoms with Gasteiger partial charge in [-0.15, -0.1) is 0 Å². The third-order valence-corrected chi connectivity index (χ3v) is 12.0. The van der Waals surface area contributed by atoms with Crippen LogP contribution in [-0.2, 0) is 67.2 Å². The number of hydrogen-bond donors (Lipinski definition) is 1. The number of hydrogen-bond acceptors (Lipinski definition) is 23. The van der Waals surface area contributed by atoms with Gasteiger partial charge in [-0.05, 0) is 82.9 Å². The van der Waals surface area contributed by atoms with Crippen molar-refractivity contribution in [1.29, 1.82) is 0 Å². The predicted molar refractivity (Wildman–Crippen MR) is 289 cm³/mol. The molecule has 6 rings (SSSR count). The Hall–Kier alpha value is -6.01. The zero-order chi connectivity index (χ0) is 58.1. The third kappa shape index (κ3) is 23.6. The van der Waals surface area contributed by atoms with E-state index in [1.165, 1.54) is 45.6 Å². The van der Waals surface area contributed by atoms with Crippen molar-refractivity contribution in [3.8, 4) is 34.5 Å². The Kier molecular flexibility index (Phi) is 31.5. The number of alkyl halides is 1. The maximum atomic E-state index is 11.5. The van der Waals surface area contributed by atoms with Gasteiger partial charge in [0.1, 0.15) is 19.8 Å². The Balaban J connectivity index is 0.000000261. The number of aliphatic hydroxyl groups excluding tert-OH is 1. The fraction of sp³-hybridized carbons (Fsp3) is 0.604. The number of nitrogens with zero attached hydrogens (tertiary/aromatic N) is 3. The summed E-state index contributed by atoms with van der Waals surface area (Å²) in [5.74, 6) is 1.52. The first kappa shape index (κ1) is 66.5. The minimum atomic E-state index is -0.487. The minimum absolute atomic E-state index is 0.0314. The van der Waals surface area contributed by atoms with Gasteiger partial charge in [0, 0.05) is 30.7 Å². The number of rotatable bonds is 32. The number of carbonyl (C=O) groups is 1. The zero-order valence-electron chi connectivity index (χ0n) is 45.7. The summed E-state index contributed by atoms with van der Waals surface area (Å²) in [5.41, 5.74) is 1.24. The van der Waals surface area contributed by atoms with E-state index in [1.807, 2.05) is 0 Å². The van der Waals surface area contributed by atoms with Crippen molar-refractivity contribution in [3.05, 3.63) is 95.6 Å². The monoisotopic (exact) mass is 1200 g/mol. The highest BCUT2D eigenvalue weighted by atomic mass is 79.9. The first-order valence-electron chi connectivity index (χ1n) is 26.0. The third-order valence-electron chi connectivity index (χ3n) is 11.7. The molecule has 3 unspecified atom stereocenters. The standard InChI is InChI=1S/C21H29NO9.C17H25NO8.C15H20BrNO6/c1-15(2)21(23)30-11-9-27-8-10-28-19-13-17(22(24)25)16(12-18(19)26-3)14-31-20-6-4-5-7-29-20;1-22-15-10-13(12-26-17-4-2-3-6-25-17)14(18(20)21)11-16(15)24-9-8-23-7-5-19;1-20-13-8-11(10-23-15-4-2-3-6-22-15)12(17(18)19)9-14(13)21-7-5-16/h12-13,20H,1,4-11,14H2,2-3H3;10-11,17,19H,2-9,12H2,1H3;8-9,15H,2-7,10H2,1H3. The van der Waals surface area contributed by atoms with Gasteiger partial charge in [-0.1, -0.05) is 22.5 Å². The second-order valence-electron chi connectivity index (χ2n) is 17.6. The Bertz CT molecular complexity index is 2380. The van der Waals surface area contributed by atoms with Crippen LogP contribution in [0.4, 0.5) is 17.1 Å². The van der Waals surface area contributed by atoms with Gasteiger partial charge in [-0.3, -0.25) is 30.3 Å². The van der Waals surface area contributed by atoms with Gasteiger partial charge in [0.15, 0.2) is 53.4 Å². The number of nitro benzene ring substituents is 3. The summed E-state index contributed by atoms with van der Waals surface area (Å²) < 4.78 is 81.2. The van der Waals surface area contributed by atoms with E-state index in [0.717, 1.165) is 57.8 Å². The van der Waals surface area contributed by atoms with Crippen LogP contribution in [0.3, 0.4) is 0 Å². The average molecular weight is 1200 g/mol. The fourth-order valence-corrected chi connectivity index (χ4v) is 7.84. The first-order valence-corrected chi connectivity index (χ1v) is 27.1. The Morgan fingerprint density at radius 2 is 0.900 bits per heavy atom. The maximum absolute atomic E-state index is 11.5. The molecule has 0 aromatic heterocycles. The lowest BCUT2D eigenvalue weighted by Gasteiger charge is -2.22. The van der Waals surface area contributed by atoms with Crippen LogP contribution in [0.25, 0.3) is 0 Å². The molecule has 3 heterocycles. The molecule has 0 spiro atoms. The lowest BCUT2D eigenvalue weighted by atomic mass is 10.1. The highest BCUT2D eigenvalue weighted by molar-refractivity contribution is 9.09. The highest BCUT2D eigenvalue weighted by Crippen LogP contribution is 2.38. The van der Waals surface area contributed by atoms with Crippen molar-refractivity contribution >= 4 is 39.0 Å². The van der Waals surface area contributed by atoms with Crippen LogP contribution in [0.15, 0.2) is 48.6 Å². The molecule has 0 radical (unpaired) electrons. The molecule has 0 amide bonds. The van der Waals surface area contributed by atoms with E-state index in [9.17, 15) is 35.1 Å². The van der Waals surface area contributed by atoms with Crippen LogP contribution in [0, 0.1) is 30.3 Å². The summed E-state index contributed by atoms with van der Waals surface area (Å²) in [6, 6.07) is 8.69. The molecule has 3 aromatic carbocycles. The smallest absolute Gasteiger partial charge is 0.333 e. The number of ether oxygens (including phenoxy) is 15. The topological polar surface area (TPSA) is 305 Å². The largest absolute Gasteiger partial charge is 0.493 e. The van der Waals surface area contributed by atoms with Crippen molar-refractivity contribution in [2.75, 3.05) is 106 Å². The number of halogens is 1. The van der Waals surface area contributed by atoms with E-state index in [4.69, 9.17) is 76.2 Å². The van der Waals surface area contributed by atoms with Gasteiger partial charge in [0.25, 0.3) is 17.1 Å². The molecule has 27 heteroatoms. The molecule has 3 saturated heterocycles. The summed E-state index contributed by atoms with van der Waals surface area (Å²) in [6.45, 7) is 8.73. The summed E-state index contributed by atoms with van der Waals surface area (Å²) in [4.78, 5) is 44.1. The predicted octanol–water partition coefficient (Wildman–Crippen LogP) is 8.62. The number of benzene rings is 3. The number of esters is 1. The van der Waals surface area contributed by atoms with Crippen LogP contribution in [0.2, 0.25) is 0 Å². The Labute approximate surface area is 472 Å². The van der Waals surface area contributed by atoms with E-state index >= 15 is 0 Å². The van der Waals surface area contributed by atoms with E-state index in [0.29, 0.717) is 77.0 Å². The molecule has 0 aliphatic carbocycles. The molecule has 26 nitrogen and oxygen atoms in total. The molecule has 3 atom stereocenters. The summed E-state index contributed by atoms with van der Waals surface area (Å²) in [6.07, 6.45) is 7.40. The van der Waals surface area contributed by atoms with Crippen molar-refractivity contribution < 1.29 is 95.7 Å². The van der Waals surface area contributed by atoms with Crippen molar-refractivity contribution in [3.63, 3.8) is 0 Å². The lowest BCUT2D eigenvalue weighted by Crippen LogP contribution is -2.22. The van der Waals surface area contributed by atoms with E-state index in [1.54, 1.807) is 19.1 Å². The van der Waals surface area contributed by atoms with E-state index in [-0.39, 0.29) is 120 Å². The van der Waals surface area contributed by atoms with Crippen molar-refractivity contribution in [2.24, 2.45) is 0 Å². The zero-order valence-corrected chi connectivity index (χ0v) is 47.3. The van der Waals surface area contributed by atoms with Gasteiger partial charge in [0.05, 0.1) is 130 Å². The molecule has 1 N–H and O–H groups in total. The Morgan fingerprint density at radius 1 is 0.550 bits per heavy atom. The molecule has 3 aliphatic heterocycles.